The van der Waals surface area contributed by atoms with Gasteiger partial charge in [-0.15, -0.1) is 0 Å². The van der Waals surface area contributed by atoms with Crippen molar-refractivity contribution in [2.24, 2.45) is 4.99 Å². The molecule has 0 aliphatic carbocycles. The normalized spacial score (nSPS) is 19.5. The molecule has 2 aromatic heterocycles. The van der Waals surface area contributed by atoms with Crippen LogP contribution in [0.3, 0.4) is 0 Å². The van der Waals surface area contributed by atoms with Crippen molar-refractivity contribution < 1.29 is 23.5 Å². The van der Waals surface area contributed by atoms with Crippen LogP contribution in [0, 0.1) is 0 Å². The molecule has 2 aliphatic rings. The second-order valence-electron chi connectivity index (χ2n) is 9.67. The van der Waals surface area contributed by atoms with Crippen molar-refractivity contribution in [3.05, 3.63) is 65.4 Å². The SMILES string of the molecule is CCC=CC(N=CCC)Nc1ccc2oc(C3(CCN4Cc5ccc(OC)cc5C4=O)NC(=O)NC3=O)cc2n1. The first-order valence-corrected chi connectivity index (χ1v) is 13.3. The van der Waals surface area contributed by atoms with Crippen molar-refractivity contribution >= 4 is 41.0 Å². The largest absolute Gasteiger partial charge is 0.497 e. The number of hydrogen-bond acceptors (Lipinski definition) is 8. The Bertz CT molecular complexity index is 1500. The van der Waals surface area contributed by atoms with E-state index in [9.17, 15) is 14.4 Å². The molecule has 0 spiro atoms. The number of furan rings is 1. The monoisotopic (exact) mass is 544 g/mol. The lowest BCUT2D eigenvalue weighted by Crippen LogP contribution is -2.46. The Labute approximate surface area is 231 Å². The van der Waals surface area contributed by atoms with E-state index in [1.807, 2.05) is 37.4 Å². The summed E-state index contributed by atoms with van der Waals surface area (Å²) >= 11 is 0. The Morgan fingerprint density at radius 1 is 1.20 bits per heavy atom. The number of carbonyl (C=O) groups is 3. The Morgan fingerprint density at radius 2 is 2.05 bits per heavy atom. The number of allylic oxidation sites excluding steroid dienone is 1. The van der Waals surface area contributed by atoms with Gasteiger partial charge in [0, 0.05) is 37.4 Å². The van der Waals surface area contributed by atoms with E-state index in [2.05, 4.69) is 32.9 Å². The van der Waals surface area contributed by atoms with E-state index >= 15 is 0 Å². The lowest BCUT2D eigenvalue weighted by Gasteiger charge is -2.26. The number of fused-ring (bicyclic) bond motifs is 2. The van der Waals surface area contributed by atoms with Crippen LogP contribution in [-0.4, -0.2) is 53.8 Å². The number of methoxy groups -OCH3 is 1. The van der Waals surface area contributed by atoms with E-state index < -0.39 is 17.5 Å². The zero-order valence-corrected chi connectivity index (χ0v) is 22.7. The van der Waals surface area contributed by atoms with Crippen LogP contribution in [0.1, 0.15) is 54.8 Å². The van der Waals surface area contributed by atoms with Crippen LogP contribution in [0.4, 0.5) is 10.6 Å². The van der Waals surface area contributed by atoms with Crippen LogP contribution in [0.25, 0.3) is 11.1 Å². The predicted octanol–water partition coefficient (Wildman–Crippen LogP) is 4.10. The van der Waals surface area contributed by atoms with E-state index in [4.69, 9.17) is 9.15 Å². The van der Waals surface area contributed by atoms with Crippen molar-refractivity contribution in [2.75, 3.05) is 19.0 Å². The Hall–Kier alpha value is -4.67. The third kappa shape index (κ3) is 5.14. The second-order valence-corrected chi connectivity index (χ2v) is 9.67. The molecule has 1 fully saturated rings. The summed E-state index contributed by atoms with van der Waals surface area (Å²) in [5.74, 6) is 0.727. The average molecular weight is 545 g/mol. The van der Waals surface area contributed by atoms with E-state index in [0.29, 0.717) is 34.8 Å². The fourth-order valence-corrected chi connectivity index (χ4v) is 4.90. The van der Waals surface area contributed by atoms with E-state index in [1.165, 1.54) is 0 Å². The zero-order valence-electron chi connectivity index (χ0n) is 22.7. The molecule has 0 radical (unpaired) electrons. The van der Waals surface area contributed by atoms with Crippen LogP contribution in [0.15, 0.2) is 58.0 Å². The van der Waals surface area contributed by atoms with Gasteiger partial charge in [0.15, 0.2) is 11.1 Å². The van der Waals surface area contributed by atoms with Crippen molar-refractivity contribution in [1.82, 2.24) is 20.5 Å². The highest BCUT2D eigenvalue weighted by atomic mass is 16.5. The molecule has 2 atom stereocenters. The molecule has 3 N–H and O–H groups in total. The third-order valence-electron chi connectivity index (χ3n) is 6.99. The van der Waals surface area contributed by atoms with E-state index in [-0.39, 0.29) is 30.8 Å². The first kappa shape index (κ1) is 26.9. The quantitative estimate of drug-likeness (QED) is 0.188. The minimum absolute atomic E-state index is 0.113. The number of nitrogens with zero attached hydrogens (tertiary/aromatic N) is 3. The van der Waals surface area contributed by atoms with Crippen molar-refractivity contribution in [3.8, 4) is 5.75 Å². The maximum absolute atomic E-state index is 13.2. The molecular weight excluding hydrogens is 512 g/mol. The van der Waals surface area contributed by atoms with Crippen LogP contribution >= 0.6 is 0 Å². The van der Waals surface area contributed by atoms with E-state index in [0.717, 1.165) is 18.4 Å². The number of carbonyl (C=O) groups excluding carboxylic acids is 3. The standard InChI is InChI=1S/C29H32N6O5/c1-4-6-7-24(30-13-5-2)32-25-11-10-22-21(31-25)16-23(40-22)29(27(37)33-28(38)34-29)12-14-35-17-18-8-9-19(39-3)15-20(18)26(35)36/h6-11,13,15-16,24H,4-5,12,14,17H2,1-3H3,(H,31,32)(H2,33,34,37,38). The fraction of sp³-hybridized carbons (Fsp3) is 0.345. The van der Waals surface area contributed by atoms with Gasteiger partial charge in [0.2, 0.25) is 0 Å². The number of urea groups is 1. The molecule has 40 heavy (non-hydrogen) atoms. The van der Waals surface area contributed by atoms with Gasteiger partial charge in [-0.2, -0.15) is 0 Å². The number of aliphatic imine (C=N–C) groups is 1. The number of nitrogens with one attached hydrogen (secondary N) is 3. The highest BCUT2D eigenvalue weighted by molar-refractivity contribution is 6.07. The predicted molar refractivity (Wildman–Crippen MR) is 150 cm³/mol. The summed E-state index contributed by atoms with van der Waals surface area (Å²) in [6.07, 6.45) is 7.39. The third-order valence-corrected chi connectivity index (χ3v) is 6.99. The van der Waals surface area contributed by atoms with Crippen molar-refractivity contribution in [3.63, 3.8) is 0 Å². The summed E-state index contributed by atoms with van der Waals surface area (Å²) in [5, 5.41) is 8.35. The smallest absolute Gasteiger partial charge is 0.322 e. The number of imide groups is 1. The second kappa shape index (κ2) is 11.2. The van der Waals surface area contributed by atoms with Gasteiger partial charge in [0.1, 0.15) is 29.0 Å². The minimum atomic E-state index is -1.49. The molecule has 0 bridgehead atoms. The molecule has 1 aromatic carbocycles. The highest BCUT2D eigenvalue weighted by Gasteiger charge is 2.50. The van der Waals surface area contributed by atoms with Crippen molar-refractivity contribution in [1.29, 1.82) is 0 Å². The highest BCUT2D eigenvalue weighted by Crippen LogP contribution is 2.35. The molecule has 208 valence electrons. The molecule has 11 nitrogen and oxygen atoms in total. The lowest BCUT2D eigenvalue weighted by atomic mass is 9.92. The first-order chi connectivity index (χ1) is 19.4. The number of ether oxygens (including phenoxy) is 1. The van der Waals surface area contributed by atoms with E-state index in [1.54, 1.807) is 36.3 Å². The first-order valence-electron chi connectivity index (χ1n) is 13.3. The van der Waals surface area contributed by atoms with Gasteiger partial charge < -0.3 is 24.7 Å². The summed E-state index contributed by atoms with van der Waals surface area (Å²) in [6, 6.07) is 9.95. The summed E-state index contributed by atoms with van der Waals surface area (Å²) in [4.78, 5) is 49.4. The Kier molecular flexibility index (Phi) is 7.54. The number of benzene rings is 1. The summed E-state index contributed by atoms with van der Waals surface area (Å²) in [6.45, 7) is 4.68. The molecule has 1 saturated heterocycles. The molecule has 2 aliphatic heterocycles. The fourth-order valence-electron chi connectivity index (χ4n) is 4.90. The van der Waals surface area contributed by atoms with Gasteiger partial charge in [-0.25, -0.2) is 9.78 Å². The molecule has 2 unspecified atom stereocenters. The van der Waals surface area contributed by atoms with Gasteiger partial charge >= 0.3 is 6.03 Å². The number of rotatable bonds is 11. The van der Waals surface area contributed by atoms with Gasteiger partial charge in [0.05, 0.1) is 7.11 Å². The number of hydrogen-bond donors (Lipinski definition) is 3. The van der Waals surface area contributed by atoms with Gasteiger partial charge in [-0.05, 0) is 48.7 Å². The summed E-state index contributed by atoms with van der Waals surface area (Å²) in [5.41, 5.74) is 0.932. The summed E-state index contributed by atoms with van der Waals surface area (Å²) < 4.78 is 11.3. The molecule has 5 rings (SSSR count). The summed E-state index contributed by atoms with van der Waals surface area (Å²) in [7, 11) is 1.55. The molecule has 0 saturated carbocycles. The number of pyridine rings is 1. The van der Waals surface area contributed by atoms with Gasteiger partial charge in [-0.3, -0.25) is 19.9 Å². The number of amides is 4. The molecule has 4 amide bonds. The molecular formula is C29H32N6O5. The lowest BCUT2D eigenvalue weighted by molar-refractivity contribution is -0.125. The van der Waals surface area contributed by atoms with Gasteiger partial charge in [0.25, 0.3) is 11.8 Å². The number of anilines is 1. The maximum atomic E-state index is 13.2. The van der Waals surface area contributed by atoms with Crippen LogP contribution in [0.5, 0.6) is 5.75 Å². The van der Waals surface area contributed by atoms with Gasteiger partial charge in [-0.1, -0.05) is 26.0 Å². The van der Waals surface area contributed by atoms with Crippen LogP contribution in [-0.2, 0) is 16.9 Å². The Balaban J connectivity index is 1.39. The average Bonchev–Trinajstić information content (AvgIpc) is 3.61. The maximum Gasteiger partial charge on any atom is 0.322 e. The van der Waals surface area contributed by atoms with Crippen molar-refractivity contribution in [2.45, 2.75) is 51.4 Å². The van der Waals surface area contributed by atoms with Crippen LogP contribution < -0.4 is 20.7 Å². The molecule has 11 heteroatoms. The Morgan fingerprint density at radius 3 is 2.77 bits per heavy atom. The molecule has 4 heterocycles. The van der Waals surface area contributed by atoms with Crippen LogP contribution in [0.2, 0.25) is 0 Å². The topological polar surface area (TPSA) is 138 Å². The molecule has 3 aromatic rings. The zero-order chi connectivity index (χ0) is 28.3. The number of aromatic nitrogens is 1. The minimum Gasteiger partial charge on any atom is -0.497 e.